The maximum Gasteiger partial charge on any atom is 0.318 e. The second-order valence-corrected chi connectivity index (χ2v) is 10.3. The highest BCUT2D eigenvalue weighted by atomic mass is 35.5. The number of urea groups is 1. The summed E-state index contributed by atoms with van der Waals surface area (Å²) in [6, 6.07) is 11.2. The highest BCUT2D eigenvalue weighted by Crippen LogP contribution is 2.48. The molecule has 1 aromatic carbocycles. The molecule has 2 saturated heterocycles. The van der Waals surface area contributed by atoms with Crippen LogP contribution in [0.4, 0.5) is 10.6 Å². The zero-order chi connectivity index (χ0) is 22.3. The summed E-state index contributed by atoms with van der Waals surface area (Å²) < 4.78 is 0. The number of amides is 2. The summed E-state index contributed by atoms with van der Waals surface area (Å²) in [7, 11) is 0. The number of anilines is 1. The Morgan fingerprint density at radius 3 is 2.41 bits per heavy atom. The van der Waals surface area contributed by atoms with Gasteiger partial charge in [-0.2, -0.15) is 0 Å². The maximum atomic E-state index is 13.1. The average Bonchev–Trinajstić information content (AvgIpc) is 2.71. The second kappa shape index (κ2) is 8.52. The number of aromatic nitrogens is 2. The number of hydrogen-bond donors (Lipinski definition) is 1. The third-order valence-electron chi connectivity index (χ3n) is 7.14. The smallest absolute Gasteiger partial charge is 0.318 e. The van der Waals surface area contributed by atoms with E-state index in [9.17, 15) is 4.79 Å². The van der Waals surface area contributed by atoms with Gasteiger partial charge in [0.2, 0.25) is 0 Å². The molecule has 2 aliphatic heterocycles. The van der Waals surface area contributed by atoms with Crippen molar-refractivity contribution in [1.82, 2.24) is 25.1 Å². The number of piperazine rings is 1. The van der Waals surface area contributed by atoms with Crippen LogP contribution in [0.1, 0.15) is 32.3 Å². The molecule has 3 heterocycles. The topological polar surface area (TPSA) is 64.6 Å². The minimum atomic E-state index is 0.0622. The van der Waals surface area contributed by atoms with Gasteiger partial charge in [-0.05, 0) is 37.7 Å². The Morgan fingerprint density at radius 2 is 1.78 bits per heavy atom. The first-order chi connectivity index (χ1) is 15.4. The van der Waals surface area contributed by atoms with E-state index in [1.165, 1.54) is 5.56 Å². The van der Waals surface area contributed by atoms with Gasteiger partial charge >= 0.3 is 6.03 Å². The van der Waals surface area contributed by atoms with Gasteiger partial charge in [-0.15, -0.1) is 0 Å². The van der Waals surface area contributed by atoms with E-state index in [1.807, 2.05) is 4.90 Å². The summed E-state index contributed by atoms with van der Waals surface area (Å²) in [6.45, 7) is 8.97. The molecule has 1 N–H and O–H groups in total. The first kappa shape index (κ1) is 21.5. The van der Waals surface area contributed by atoms with Crippen molar-refractivity contribution in [2.45, 2.75) is 51.4 Å². The fourth-order valence-electron chi connectivity index (χ4n) is 5.83. The predicted molar refractivity (Wildman–Crippen MR) is 126 cm³/mol. The number of rotatable bonds is 4. The first-order valence-corrected chi connectivity index (χ1v) is 11.9. The van der Waals surface area contributed by atoms with E-state index in [0.717, 1.165) is 51.4 Å². The van der Waals surface area contributed by atoms with E-state index in [2.05, 4.69) is 69.3 Å². The Balaban J connectivity index is 1.09. The van der Waals surface area contributed by atoms with Crippen LogP contribution in [0.2, 0.25) is 5.15 Å². The molecule has 3 fully saturated rings. The first-order valence-electron chi connectivity index (χ1n) is 11.5. The van der Waals surface area contributed by atoms with Crippen LogP contribution >= 0.6 is 11.6 Å². The number of carbonyl (C=O) groups is 1. The highest BCUT2D eigenvalue weighted by Gasteiger charge is 2.52. The molecule has 7 nitrogen and oxygen atoms in total. The van der Waals surface area contributed by atoms with Crippen molar-refractivity contribution in [3.05, 3.63) is 53.4 Å². The van der Waals surface area contributed by atoms with Gasteiger partial charge in [0.1, 0.15) is 11.0 Å². The van der Waals surface area contributed by atoms with E-state index in [-0.39, 0.29) is 18.1 Å². The van der Waals surface area contributed by atoms with Crippen molar-refractivity contribution in [2.24, 2.45) is 5.41 Å². The van der Waals surface area contributed by atoms with Crippen LogP contribution < -0.4 is 10.2 Å². The molecule has 2 aromatic rings. The Hall–Kier alpha value is -2.38. The molecule has 1 aliphatic carbocycles. The summed E-state index contributed by atoms with van der Waals surface area (Å²) >= 11 is 5.86. The van der Waals surface area contributed by atoms with Crippen LogP contribution in [0.5, 0.6) is 0 Å². The van der Waals surface area contributed by atoms with Crippen molar-refractivity contribution in [2.75, 3.05) is 31.1 Å². The van der Waals surface area contributed by atoms with Crippen molar-refractivity contribution < 1.29 is 4.79 Å². The van der Waals surface area contributed by atoms with E-state index in [0.29, 0.717) is 16.6 Å². The zero-order valence-corrected chi connectivity index (χ0v) is 19.5. The Kier molecular flexibility index (Phi) is 5.72. The van der Waals surface area contributed by atoms with Gasteiger partial charge in [-0.1, -0.05) is 41.9 Å². The molecule has 32 heavy (non-hydrogen) atoms. The van der Waals surface area contributed by atoms with Gasteiger partial charge in [0.15, 0.2) is 0 Å². The van der Waals surface area contributed by atoms with Gasteiger partial charge in [-0.25, -0.2) is 14.8 Å². The normalized spacial score (nSPS) is 25.3. The van der Waals surface area contributed by atoms with Crippen LogP contribution in [0.15, 0.2) is 42.7 Å². The molecule has 1 aromatic heterocycles. The van der Waals surface area contributed by atoms with Crippen molar-refractivity contribution >= 4 is 23.4 Å². The van der Waals surface area contributed by atoms with Crippen molar-refractivity contribution in [3.8, 4) is 0 Å². The number of likely N-dealkylation sites (tertiary alicyclic amines) is 1. The molecular weight excluding hydrogens is 424 g/mol. The summed E-state index contributed by atoms with van der Waals surface area (Å²) in [5, 5.41) is 3.69. The van der Waals surface area contributed by atoms with Crippen molar-refractivity contribution in [3.63, 3.8) is 0 Å². The summed E-state index contributed by atoms with van der Waals surface area (Å²) in [4.78, 5) is 28.3. The number of benzene rings is 1. The predicted octanol–water partition coefficient (Wildman–Crippen LogP) is 3.40. The fourth-order valence-corrected chi connectivity index (χ4v) is 5.93. The lowest BCUT2D eigenvalue weighted by molar-refractivity contribution is -0.0812. The Morgan fingerprint density at radius 1 is 1.09 bits per heavy atom. The minimum absolute atomic E-state index is 0.0622. The number of nitrogens with zero attached hydrogens (tertiary/aromatic N) is 5. The molecule has 0 bridgehead atoms. The number of nitrogens with one attached hydrogen (secondary N) is 1. The summed E-state index contributed by atoms with van der Waals surface area (Å²) in [6.07, 6.45) is 5.45. The highest BCUT2D eigenvalue weighted by molar-refractivity contribution is 6.29. The molecular formula is C24H31ClN6O. The lowest BCUT2D eigenvalue weighted by atomic mass is 9.60. The maximum absolute atomic E-state index is 13.1. The lowest BCUT2D eigenvalue weighted by Gasteiger charge is -2.59. The second-order valence-electron chi connectivity index (χ2n) is 9.89. The third-order valence-corrected chi connectivity index (χ3v) is 7.33. The van der Waals surface area contributed by atoms with Gasteiger partial charge in [0.25, 0.3) is 0 Å². The van der Waals surface area contributed by atoms with Gasteiger partial charge < -0.3 is 15.1 Å². The molecule has 1 saturated carbocycles. The lowest BCUT2D eigenvalue weighted by Crippen LogP contribution is -2.68. The molecule has 2 amide bonds. The van der Waals surface area contributed by atoms with Crippen LogP contribution in [-0.4, -0.2) is 70.1 Å². The van der Waals surface area contributed by atoms with Crippen LogP contribution in [0.3, 0.4) is 0 Å². The van der Waals surface area contributed by atoms with E-state index in [4.69, 9.17) is 11.6 Å². The van der Waals surface area contributed by atoms with E-state index < -0.39 is 0 Å². The molecule has 3 aliphatic rings. The van der Waals surface area contributed by atoms with Crippen LogP contribution in [-0.2, 0) is 6.54 Å². The van der Waals surface area contributed by atoms with E-state index >= 15 is 0 Å². The van der Waals surface area contributed by atoms with E-state index in [1.54, 1.807) is 12.4 Å². The molecule has 5 rings (SSSR count). The zero-order valence-electron chi connectivity index (χ0n) is 18.7. The molecule has 1 spiro atoms. The van der Waals surface area contributed by atoms with Crippen LogP contribution in [0, 0.1) is 5.41 Å². The van der Waals surface area contributed by atoms with Gasteiger partial charge in [0.05, 0.1) is 12.4 Å². The van der Waals surface area contributed by atoms with Gasteiger partial charge in [0, 0.05) is 50.8 Å². The van der Waals surface area contributed by atoms with Crippen molar-refractivity contribution in [1.29, 1.82) is 0 Å². The monoisotopic (exact) mass is 454 g/mol. The summed E-state index contributed by atoms with van der Waals surface area (Å²) in [5.41, 5.74) is 1.79. The minimum Gasteiger partial charge on any atom is -0.351 e. The third kappa shape index (κ3) is 4.28. The Bertz CT molecular complexity index is 929. The number of carbonyl (C=O) groups excluding carboxylic acids is 1. The molecule has 8 heteroatoms. The molecule has 2 atom stereocenters. The average molecular weight is 455 g/mol. The number of hydrogen-bond acceptors (Lipinski definition) is 5. The fraction of sp³-hybridized carbons (Fsp3) is 0.542. The summed E-state index contributed by atoms with van der Waals surface area (Å²) in [5.74, 6) is 0.805. The standard InChI is InChI=1S/C24H31ClN6O/c1-17-12-30(22-11-26-21(25)10-27-22)13-18(2)31(17)23(32)28-20-8-24(9-20)15-29(16-24)14-19-6-4-3-5-7-19/h3-7,10-11,17-18,20H,8-9,12-16H2,1-2H3,(H,28,32)/t17-,18-/m1/s1. The van der Waals surface area contributed by atoms with Gasteiger partial charge in [-0.3, -0.25) is 4.90 Å². The SMILES string of the molecule is C[C@@H]1CN(c2cnc(Cl)cn2)C[C@@H](C)N1C(=O)NC1CC2(C1)CN(Cc1ccccc1)C2. The molecule has 0 unspecified atom stereocenters. The largest absolute Gasteiger partial charge is 0.351 e. The molecule has 170 valence electrons. The number of halogens is 1. The van der Waals surface area contributed by atoms with Crippen LogP contribution in [0.25, 0.3) is 0 Å². The molecule has 0 radical (unpaired) electrons. The Labute approximate surface area is 194 Å². The quantitative estimate of drug-likeness (QED) is 0.767.